The molecule has 4 heterocycles. The zero-order valence-corrected chi connectivity index (χ0v) is 18.4. The van der Waals surface area contributed by atoms with Gasteiger partial charge in [-0.05, 0) is 37.9 Å². The maximum atomic E-state index is 9.69. The van der Waals surface area contributed by atoms with Gasteiger partial charge in [-0.15, -0.1) is 0 Å². The number of nitrogens with one attached hydrogen (secondary N) is 2. The van der Waals surface area contributed by atoms with Crippen LogP contribution in [-0.4, -0.2) is 59.5 Å². The fraction of sp³-hybridized carbons (Fsp3) is 0.423. The molecule has 0 amide bonds. The maximum absolute atomic E-state index is 9.69. The molecule has 0 spiro atoms. The Morgan fingerprint density at radius 2 is 1.91 bits per heavy atom. The van der Waals surface area contributed by atoms with E-state index in [0.717, 1.165) is 69.6 Å². The van der Waals surface area contributed by atoms with Gasteiger partial charge in [0.1, 0.15) is 0 Å². The first-order chi connectivity index (χ1) is 15.8. The van der Waals surface area contributed by atoms with E-state index in [1.807, 2.05) is 0 Å². The molecule has 0 bridgehead atoms. The average molecular weight is 430 g/mol. The molecule has 32 heavy (non-hydrogen) atoms. The molecular formula is C26H31N5O. The van der Waals surface area contributed by atoms with Gasteiger partial charge < -0.3 is 25.2 Å². The summed E-state index contributed by atoms with van der Waals surface area (Å²) in [4.78, 5) is 7.71. The predicted molar refractivity (Wildman–Crippen MR) is 131 cm³/mol. The standard InChI is InChI=1S/C26H31N5O/c32-19-15-18(28-17-19)16-27-11-5-12-30-13-6-14-31-23-10-4-2-8-21(23)24-26(31)25(30)20-7-1-3-9-22(20)29-24/h1-4,7-10,18-19,27-28,32H,5-6,11-17H2/t18?,19-/m1/s1. The van der Waals surface area contributed by atoms with Gasteiger partial charge in [-0.2, -0.15) is 0 Å². The molecule has 6 nitrogen and oxygen atoms in total. The third-order valence-corrected chi connectivity index (χ3v) is 7.06. The molecule has 1 saturated heterocycles. The molecular weight excluding hydrogens is 398 g/mol. The van der Waals surface area contributed by atoms with E-state index >= 15 is 0 Å². The molecule has 3 N–H and O–H groups in total. The molecule has 2 aromatic heterocycles. The third kappa shape index (κ3) is 3.43. The first-order valence-corrected chi connectivity index (χ1v) is 12.0. The van der Waals surface area contributed by atoms with E-state index in [2.05, 4.69) is 68.6 Å². The molecule has 0 aliphatic carbocycles. The Morgan fingerprint density at radius 1 is 1.06 bits per heavy atom. The van der Waals surface area contributed by atoms with E-state index in [9.17, 15) is 5.11 Å². The molecule has 166 valence electrons. The van der Waals surface area contributed by atoms with Crippen molar-refractivity contribution >= 4 is 38.5 Å². The summed E-state index contributed by atoms with van der Waals surface area (Å²) >= 11 is 0. The van der Waals surface area contributed by atoms with E-state index in [-0.39, 0.29) is 6.10 Å². The van der Waals surface area contributed by atoms with E-state index in [1.54, 1.807) is 0 Å². The van der Waals surface area contributed by atoms with Crippen molar-refractivity contribution in [1.29, 1.82) is 0 Å². The molecule has 2 aliphatic rings. The zero-order chi connectivity index (χ0) is 21.5. The lowest BCUT2D eigenvalue weighted by molar-refractivity contribution is 0.193. The Bertz CT molecular complexity index is 1270. The highest BCUT2D eigenvalue weighted by Crippen LogP contribution is 2.40. The quantitative estimate of drug-likeness (QED) is 0.411. The van der Waals surface area contributed by atoms with Gasteiger partial charge in [0.2, 0.25) is 0 Å². The molecule has 6 heteroatoms. The van der Waals surface area contributed by atoms with Crippen LogP contribution in [0.15, 0.2) is 48.5 Å². The number of para-hydroxylation sites is 2. The summed E-state index contributed by atoms with van der Waals surface area (Å²) in [6.07, 6.45) is 2.89. The summed E-state index contributed by atoms with van der Waals surface area (Å²) in [6, 6.07) is 17.7. The largest absolute Gasteiger partial charge is 0.392 e. The van der Waals surface area contributed by atoms with Gasteiger partial charge >= 0.3 is 0 Å². The second kappa shape index (κ2) is 8.35. The SMILES string of the molecule is O[C@H]1CNC(CNCCCN2CCCn3c4ccccc4c4nc5ccccc5c2c43)C1. The highest BCUT2D eigenvalue weighted by Gasteiger charge is 2.24. The number of aryl methyl sites for hydroxylation is 1. The number of aliphatic hydroxyl groups excluding tert-OH is 1. The van der Waals surface area contributed by atoms with Gasteiger partial charge in [0, 0.05) is 49.5 Å². The number of hydrogen-bond donors (Lipinski definition) is 3. The maximum Gasteiger partial charge on any atom is 0.0988 e. The highest BCUT2D eigenvalue weighted by atomic mass is 16.3. The summed E-state index contributed by atoms with van der Waals surface area (Å²) < 4.78 is 2.49. The fourth-order valence-corrected chi connectivity index (χ4v) is 5.59. The molecule has 1 unspecified atom stereocenters. The summed E-state index contributed by atoms with van der Waals surface area (Å²) in [5, 5.41) is 19.2. The Kier molecular flexibility index (Phi) is 5.21. The minimum atomic E-state index is -0.187. The highest BCUT2D eigenvalue weighted by molar-refractivity contribution is 6.16. The summed E-state index contributed by atoms with van der Waals surface area (Å²) in [5.41, 5.74) is 6.14. The first kappa shape index (κ1) is 20.0. The van der Waals surface area contributed by atoms with Crippen molar-refractivity contribution in [3.05, 3.63) is 48.5 Å². The van der Waals surface area contributed by atoms with Gasteiger partial charge in [0.25, 0.3) is 0 Å². The number of hydrogen-bond acceptors (Lipinski definition) is 5. The van der Waals surface area contributed by atoms with Gasteiger partial charge in [-0.3, -0.25) is 0 Å². The minimum absolute atomic E-state index is 0.187. The van der Waals surface area contributed by atoms with E-state index in [1.165, 1.54) is 27.5 Å². The zero-order valence-electron chi connectivity index (χ0n) is 18.4. The van der Waals surface area contributed by atoms with Crippen molar-refractivity contribution in [1.82, 2.24) is 20.2 Å². The van der Waals surface area contributed by atoms with Crippen LogP contribution < -0.4 is 15.5 Å². The normalized spacial score (nSPS) is 21.1. The summed E-state index contributed by atoms with van der Waals surface area (Å²) in [7, 11) is 0. The molecule has 1 fully saturated rings. The number of anilines is 1. The Labute approximate surface area is 188 Å². The number of benzene rings is 2. The monoisotopic (exact) mass is 429 g/mol. The van der Waals surface area contributed by atoms with Gasteiger partial charge in [-0.1, -0.05) is 36.4 Å². The van der Waals surface area contributed by atoms with Crippen LogP contribution in [0.4, 0.5) is 5.69 Å². The molecule has 2 aromatic carbocycles. The molecule has 0 radical (unpaired) electrons. The van der Waals surface area contributed by atoms with Crippen LogP contribution in [0.25, 0.3) is 32.8 Å². The second-order valence-corrected chi connectivity index (χ2v) is 9.24. The second-order valence-electron chi connectivity index (χ2n) is 9.24. The number of aromatic nitrogens is 2. The summed E-state index contributed by atoms with van der Waals surface area (Å²) in [5.74, 6) is 0. The Balaban J connectivity index is 1.31. The third-order valence-electron chi connectivity index (χ3n) is 7.06. The van der Waals surface area contributed by atoms with Crippen LogP contribution in [0.2, 0.25) is 0 Å². The molecule has 0 saturated carbocycles. The van der Waals surface area contributed by atoms with Gasteiger partial charge in [0.15, 0.2) is 0 Å². The van der Waals surface area contributed by atoms with Crippen molar-refractivity contribution < 1.29 is 5.11 Å². The van der Waals surface area contributed by atoms with Crippen LogP contribution in [0, 0.1) is 0 Å². The van der Waals surface area contributed by atoms with E-state index < -0.39 is 0 Å². The fourth-order valence-electron chi connectivity index (χ4n) is 5.59. The lowest BCUT2D eigenvalue weighted by Crippen LogP contribution is -2.35. The van der Waals surface area contributed by atoms with Crippen molar-refractivity contribution in [2.24, 2.45) is 0 Å². The van der Waals surface area contributed by atoms with Crippen LogP contribution in [0.5, 0.6) is 0 Å². The Morgan fingerprint density at radius 3 is 2.78 bits per heavy atom. The lowest BCUT2D eigenvalue weighted by atomic mass is 10.1. The number of nitrogens with zero attached hydrogens (tertiary/aromatic N) is 3. The number of fused-ring (bicyclic) bond motifs is 5. The van der Waals surface area contributed by atoms with Crippen LogP contribution in [-0.2, 0) is 6.54 Å². The number of rotatable bonds is 6. The van der Waals surface area contributed by atoms with Crippen molar-refractivity contribution in [3.63, 3.8) is 0 Å². The molecule has 2 atom stereocenters. The predicted octanol–water partition coefficient (Wildman–Crippen LogP) is 3.26. The minimum Gasteiger partial charge on any atom is -0.392 e. The topological polar surface area (TPSA) is 65.3 Å². The summed E-state index contributed by atoms with van der Waals surface area (Å²) in [6.45, 7) is 5.75. The van der Waals surface area contributed by atoms with Crippen molar-refractivity contribution in [3.8, 4) is 0 Å². The van der Waals surface area contributed by atoms with Gasteiger partial charge in [0.05, 0.1) is 33.9 Å². The Hall–Kier alpha value is -2.67. The van der Waals surface area contributed by atoms with Crippen molar-refractivity contribution in [2.45, 2.75) is 38.0 Å². The number of aliphatic hydroxyl groups is 1. The number of β-amino-alcohol motifs (C(OH)–C–C–N with tert-alkyl or cyclic N) is 1. The van der Waals surface area contributed by atoms with Crippen LogP contribution in [0.3, 0.4) is 0 Å². The molecule has 6 rings (SSSR count). The van der Waals surface area contributed by atoms with Crippen LogP contribution in [0.1, 0.15) is 19.3 Å². The smallest absolute Gasteiger partial charge is 0.0988 e. The van der Waals surface area contributed by atoms with Crippen molar-refractivity contribution in [2.75, 3.05) is 37.6 Å². The van der Waals surface area contributed by atoms with E-state index in [0.29, 0.717) is 6.04 Å². The number of pyridine rings is 1. The molecule has 4 aromatic rings. The van der Waals surface area contributed by atoms with E-state index in [4.69, 9.17) is 4.98 Å². The average Bonchev–Trinajstić information content (AvgIpc) is 3.30. The van der Waals surface area contributed by atoms with Gasteiger partial charge in [-0.25, -0.2) is 4.98 Å². The van der Waals surface area contributed by atoms with Crippen LogP contribution >= 0.6 is 0 Å². The first-order valence-electron chi connectivity index (χ1n) is 12.0. The molecule has 2 aliphatic heterocycles. The lowest BCUT2D eigenvalue weighted by Gasteiger charge is -2.25.